The molecule has 0 unspecified atom stereocenters. The second-order valence-corrected chi connectivity index (χ2v) is 9.11. The SMILES string of the molecule is Clc1ccc(-c2cccc3c2c2cccc4c5cccc6oc7cccc(c7c65)n3c42)cc1. The molecular weight excluding hydrogens is 426 g/mol. The van der Waals surface area contributed by atoms with E-state index >= 15 is 0 Å². The van der Waals surface area contributed by atoms with E-state index in [1.54, 1.807) is 0 Å². The molecule has 3 heterocycles. The van der Waals surface area contributed by atoms with Crippen molar-refractivity contribution in [2.24, 2.45) is 0 Å². The van der Waals surface area contributed by atoms with Gasteiger partial charge in [-0.15, -0.1) is 0 Å². The van der Waals surface area contributed by atoms with Gasteiger partial charge >= 0.3 is 0 Å². The Kier molecular flexibility index (Phi) is 3.22. The zero-order valence-electron chi connectivity index (χ0n) is 17.5. The lowest BCUT2D eigenvalue weighted by Gasteiger charge is -2.06. The highest BCUT2D eigenvalue weighted by Gasteiger charge is 2.21. The minimum Gasteiger partial charge on any atom is -0.456 e. The second kappa shape index (κ2) is 6.06. The van der Waals surface area contributed by atoms with Crippen molar-refractivity contribution >= 4 is 71.6 Å². The van der Waals surface area contributed by atoms with Crippen LogP contribution in [0.25, 0.3) is 71.2 Å². The Balaban J connectivity index is 1.73. The van der Waals surface area contributed by atoms with Crippen LogP contribution < -0.4 is 0 Å². The largest absolute Gasteiger partial charge is 0.456 e. The first-order valence-electron chi connectivity index (χ1n) is 11.1. The molecule has 0 N–H and O–H groups in total. The average molecular weight is 442 g/mol. The summed E-state index contributed by atoms with van der Waals surface area (Å²) in [6, 6.07) is 34.1. The second-order valence-electron chi connectivity index (χ2n) is 8.67. The van der Waals surface area contributed by atoms with Gasteiger partial charge in [0.15, 0.2) is 0 Å². The molecule has 0 bridgehead atoms. The zero-order valence-corrected chi connectivity index (χ0v) is 18.2. The molecule has 0 radical (unpaired) electrons. The van der Waals surface area contributed by atoms with Crippen molar-refractivity contribution < 1.29 is 4.42 Å². The number of benzene rings is 5. The molecule has 0 aliphatic heterocycles. The van der Waals surface area contributed by atoms with E-state index in [9.17, 15) is 0 Å². The lowest BCUT2D eigenvalue weighted by molar-refractivity contribution is 0.669. The van der Waals surface area contributed by atoms with Gasteiger partial charge in [0.05, 0.1) is 21.9 Å². The van der Waals surface area contributed by atoms with Crippen LogP contribution in [-0.4, -0.2) is 4.40 Å². The van der Waals surface area contributed by atoms with E-state index in [1.807, 2.05) is 12.1 Å². The molecule has 0 amide bonds. The maximum absolute atomic E-state index is 6.29. The first-order valence-corrected chi connectivity index (χ1v) is 11.4. The van der Waals surface area contributed by atoms with Gasteiger partial charge in [-0.2, -0.15) is 0 Å². The highest BCUT2D eigenvalue weighted by Crippen LogP contribution is 2.44. The summed E-state index contributed by atoms with van der Waals surface area (Å²) in [6.45, 7) is 0. The molecule has 0 aliphatic rings. The lowest BCUT2D eigenvalue weighted by Crippen LogP contribution is -1.85. The number of hydrogen-bond donors (Lipinski definition) is 0. The van der Waals surface area contributed by atoms with Gasteiger partial charge in [0.1, 0.15) is 11.2 Å². The molecule has 0 spiro atoms. The van der Waals surface area contributed by atoms with Crippen LogP contribution in [0.2, 0.25) is 5.02 Å². The minimum absolute atomic E-state index is 0.748. The van der Waals surface area contributed by atoms with E-state index in [4.69, 9.17) is 16.0 Å². The smallest absolute Gasteiger partial charge is 0.137 e. The Morgan fingerprint density at radius 1 is 0.545 bits per heavy atom. The van der Waals surface area contributed by atoms with Crippen LogP contribution in [0.4, 0.5) is 0 Å². The van der Waals surface area contributed by atoms with Gasteiger partial charge in [0.25, 0.3) is 0 Å². The van der Waals surface area contributed by atoms with E-state index in [1.165, 1.54) is 48.9 Å². The molecule has 0 aliphatic carbocycles. The number of rotatable bonds is 1. The Morgan fingerprint density at radius 3 is 2.03 bits per heavy atom. The van der Waals surface area contributed by atoms with Gasteiger partial charge in [-0.25, -0.2) is 0 Å². The summed E-state index contributed by atoms with van der Waals surface area (Å²) in [7, 11) is 0. The van der Waals surface area contributed by atoms with Crippen LogP contribution in [0.15, 0.2) is 101 Å². The van der Waals surface area contributed by atoms with Gasteiger partial charge in [0, 0.05) is 26.6 Å². The minimum atomic E-state index is 0.748. The third-order valence-corrected chi connectivity index (χ3v) is 7.25. The van der Waals surface area contributed by atoms with Crippen molar-refractivity contribution in [3.05, 3.63) is 102 Å². The number of hydrogen-bond acceptors (Lipinski definition) is 1. The molecule has 8 rings (SSSR count). The van der Waals surface area contributed by atoms with Crippen molar-refractivity contribution in [2.75, 3.05) is 0 Å². The van der Waals surface area contributed by atoms with E-state index in [2.05, 4.69) is 89.3 Å². The van der Waals surface area contributed by atoms with Gasteiger partial charge in [-0.1, -0.05) is 72.3 Å². The summed E-state index contributed by atoms with van der Waals surface area (Å²) in [4.78, 5) is 0. The molecule has 8 aromatic rings. The molecular formula is C30H16ClNO. The summed E-state index contributed by atoms with van der Waals surface area (Å²) in [5.41, 5.74) is 7.83. The molecule has 0 atom stereocenters. The van der Waals surface area contributed by atoms with Gasteiger partial charge in [0.2, 0.25) is 0 Å². The van der Waals surface area contributed by atoms with E-state index in [0.29, 0.717) is 0 Å². The van der Waals surface area contributed by atoms with Gasteiger partial charge in [-0.3, -0.25) is 0 Å². The summed E-state index contributed by atoms with van der Waals surface area (Å²) in [6.07, 6.45) is 0. The third kappa shape index (κ3) is 2.14. The zero-order chi connectivity index (χ0) is 21.7. The van der Waals surface area contributed by atoms with Crippen molar-refractivity contribution in [2.45, 2.75) is 0 Å². The number of nitrogens with zero attached hydrogens (tertiary/aromatic N) is 1. The van der Waals surface area contributed by atoms with E-state index in [-0.39, 0.29) is 0 Å². The first kappa shape index (κ1) is 17.5. The topological polar surface area (TPSA) is 17.6 Å². The first-order chi connectivity index (χ1) is 16.3. The molecule has 2 nitrogen and oxygen atoms in total. The van der Waals surface area contributed by atoms with Crippen LogP contribution in [-0.2, 0) is 0 Å². The summed E-state index contributed by atoms with van der Waals surface area (Å²) < 4.78 is 8.71. The Hall–Kier alpha value is -4.01. The van der Waals surface area contributed by atoms with Crippen molar-refractivity contribution in [1.82, 2.24) is 4.40 Å². The predicted octanol–water partition coefficient (Wildman–Crippen LogP) is 9.06. The molecule has 0 saturated carbocycles. The van der Waals surface area contributed by atoms with Gasteiger partial charge in [-0.05, 0) is 52.9 Å². The van der Waals surface area contributed by atoms with Crippen molar-refractivity contribution in [3.8, 4) is 11.1 Å². The van der Waals surface area contributed by atoms with E-state index in [0.717, 1.165) is 27.3 Å². The fourth-order valence-electron chi connectivity index (χ4n) is 5.71. The van der Waals surface area contributed by atoms with Crippen LogP contribution in [0.3, 0.4) is 0 Å². The predicted molar refractivity (Wildman–Crippen MR) is 139 cm³/mol. The number of halogens is 1. The third-order valence-electron chi connectivity index (χ3n) is 7.00. The summed E-state index contributed by atoms with van der Waals surface area (Å²) >= 11 is 6.19. The maximum atomic E-state index is 6.29. The summed E-state index contributed by atoms with van der Waals surface area (Å²) in [5, 5.41) is 8.08. The molecule has 33 heavy (non-hydrogen) atoms. The standard InChI is InChI=1S/C30H16ClNO/c31-18-15-13-17(14-16-18)19-5-2-9-23-27(19)22-8-1-7-21-20-6-3-11-25-28(20)29-24(32(23)30(21)22)10-4-12-26(29)33-25/h1-16H. The Labute approximate surface area is 193 Å². The van der Waals surface area contributed by atoms with Crippen LogP contribution >= 0.6 is 11.6 Å². The fourth-order valence-corrected chi connectivity index (χ4v) is 5.84. The quantitative estimate of drug-likeness (QED) is 0.248. The molecule has 3 aromatic heterocycles. The monoisotopic (exact) mass is 441 g/mol. The molecule has 3 heteroatoms. The van der Waals surface area contributed by atoms with Crippen LogP contribution in [0, 0.1) is 0 Å². The lowest BCUT2D eigenvalue weighted by atomic mass is 9.98. The molecule has 0 fully saturated rings. The molecule has 5 aromatic carbocycles. The maximum Gasteiger partial charge on any atom is 0.137 e. The van der Waals surface area contributed by atoms with E-state index < -0.39 is 0 Å². The highest BCUT2D eigenvalue weighted by atomic mass is 35.5. The number of furan rings is 1. The Morgan fingerprint density at radius 2 is 1.18 bits per heavy atom. The summed E-state index contributed by atoms with van der Waals surface area (Å²) in [5.74, 6) is 0. The van der Waals surface area contributed by atoms with Crippen molar-refractivity contribution in [1.29, 1.82) is 0 Å². The average Bonchev–Trinajstić information content (AvgIpc) is 3.36. The molecule has 0 saturated heterocycles. The van der Waals surface area contributed by atoms with Crippen LogP contribution in [0.1, 0.15) is 0 Å². The number of fused-ring (bicyclic) bond motifs is 5. The fraction of sp³-hybridized carbons (Fsp3) is 0. The number of para-hydroxylation sites is 1. The van der Waals surface area contributed by atoms with Crippen LogP contribution in [0.5, 0.6) is 0 Å². The molecule has 154 valence electrons. The highest BCUT2D eigenvalue weighted by molar-refractivity contribution is 6.31. The van der Waals surface area contributed by atoms with Crippen molar-refractivity contribution in [3.63, 3.8) is 0 Å². The van der Waals surface area contributed by atoms with Gasteiger partial charge < -0.3 is 8.82 Å². The normalized spacial score (nSPS) is 12.4. The number of aromatic nitrogens is 1. The Bertz CT molecular complexity index is 2030.